The number of nitrogens with zero attached hydrogens (tertiary/aromatic N) is 2. The van der Waals surface area contributed by atoms with E-state index >= 15 is 0 Å². The minimum atomic E-state index is -0.910. The number of carbonyl (C=O) groups excluding carboxylic acids is 1. The highest BCUT2D eigenvalue weighted by molar-refractivity contribution is 5.80. The van der Waals surface area contributed by atoms with Crippen LogP contribution in [0.25, 0.3) is 0 Å². The molecule has 1 aromatic carbocycles. The Bertz CT molecular complexity index is 643. The standard InChI is InChI=1S/C18H23N3O2/c1-13(22)18(23)21-9-7-15(8-10-21)17-16(12-19-20-17)11-14-5-3-2-4-6-14/h2-6,12-13,15,22H,7-11H2,1H3,(H,19,20)/t13-/m0/s1. The van der Waals surface area contributed by atoms with Crippen LogP contribution in [0.4, 0.5) is 0 Å². The first-order chi connectivity index (χ1) is 11.1. The summed E-state index contributed by atoms with van der Waals surface area (Å²) in [6.07, 6.45) is 3.69. The van der Waals surface area contributed by atoms with E-state index in [1.165, 1.54) is 23.7 Å². The fourth-order valence-electron chi connectivity index (χ4n) is 3.28. The van der Waals surface area contributed by atoms with Crippen molar-refractivity contribution in [3.8, 4) is 0 Å². The van der Waals surface area contributed by atoms with Gasteiger partial charge in [-0.25, -0.2) is 0 Å². The third-order valence-corrected chi connectivity index (χ3v) is 4.56. The molecule has 0 radical (unpaired) electrons. The van der Waals surface area contributed by atoms with Crippen molar-refractivity contribution in [1.29, 1.82) is 0 Å². The Kier molecular flexibility index (Phi) is 4.76. The van der Waals surface area contributed by atoms with E-state index in [0.717, 1.165) is 19.3 Å². The van der Waals surface area contributed by atoms with Crippen LogP contribution < -0.4 is 0 Å². The van der Waals surface area contributed by atoms with Gasteiger partial charge in [0.25, 0.3) is 5.91 Å². The van der Waals surface area contributed by atoms with Gasteiger partial charge in [0.1, 0.15) is 6.10 Å². The molecule has 23 heavy (non-hydrogen) atoms. The second kappa shape index (κ2) is 6.96. The number of aliphatic hydroxyl groups is 1. The summed E-state index contributed by atoms with van der Waals surface area (Å²) in [4.78, 5) is 13.6. The molecule has 1 fully saturated rings. The number of piperidine rings is 1. The minimum absolute atomic E-state index is 0.169. The summed E-state index contributed by atoms with van der Waals surface area (Å²) in [7, 11) is 0. The van der Waals surface area contributed by atoms with E-state index < -0.39 is 6.10 Å². The van der Waals surface area contributed by atoms with E-state index in [1.54, 1.807) is 4.90 Å². The molecular weight excluding hydrogens is 290 g/mol. The number of hydrogen-bond acceptors (Lipinski definition) is 3. The SMILES string of the molecule is C[C@H](O)C(=O)N1CCC(c2[nH]ncc2Cc2ccccc2)CC1. The summed E-state index contributed by atoms with van der Waals surface area (Å²) in [5.74, 6) is 0.229. The topological polar surface area (TPSA) is 69.2 Å². The molecule has 1 aliphatic heterocycles. The van der Waals surface area contributed by atoms with Crippen molar-refractivity contribution in [2.75, 3.05) is 13.1 Å². The molecule has 1 aliphatic rings. The predicted molar refractivity (Wildman–Crippen MR) is 88.1 cm³/mol. The number of rotatable bonds is 4. The lowest BCUT2D eigenvalue weighted by Crippen LogP contribution is -2.42. The molecular formula is C18H23N3O2. The molecule has 1 saturated heterocycles. The van der Waals surface area contributed by atoms with E-state index in [9.17, 15) is 9.90 Å². The van der Waals surface area contributed by atoms with Crippen LogP contribution in [0, 0.1) is 0 Å². The number of benzene rings is 1. The molecule has 0 unspecified atom stereocenters. The minimum Gasteiger partial charge on any atom is -0.384 e. The fourth-order valence-corrected chi connectivity index (χ4v) is 3.28. The van der Waals surface area contributed by atoms with Gasteiger partial charge in [0.2, 0.25) is 0 Å². The highest BCUT2D eigenvalue weighted by Gasteiger charge is 2.27. The van der Waals surface area contributed by atoms with Crippen molar-refractivity contribution >= 4 is 5.91 Å². The number of nitrogens with one attached hydrogen (secondary N) is 1. The Morgan fingerprint density at radius 1 is 1.35 bits per heavy atom. The molecule has 2 aromatic rings. The summed E-state index contributed by atoms with van der Waals surface area (Å²) >= 11 is 0. The largest absolute Gasteiger partial charge is 0.384 e. The number of aromatic amines is 1. The molecule has 5 heteroatoms. The summed E-state index contributed by atoms with van der Waals surface area (Å²) in [6.45, 7) is 2.91. The van der Waals surface area contributed by atoms with Crippen LogP contribution in [0.1, 0.15) is 42.5 Å². The average Bonchev–Trinajstić information content (AvgIpc) is 3.03. The van der Waals surface area contributed by atoms with E-state index in [1.807, 2.05) is 12.3 Å². The van der Waals surface area contributed by atoms with Gasteiger partial charge in [-0.1, -0.05) is 30.3 Å². The predicted octanol–water partition coefficient (Wildman–Crippen LogP) is 2.09. The molecule has 122 valence electrons. The molecule has 1 atom stereocenters. The Morgan fingerprint density at radius 3 is 2.70 bits per heavy atom. The second-order valence-electron chi connectivity index (χ2n) is 6.25. The van der Waals surface area contributed by atoms with Crippen molar-refractivity contribution in [1.82, 2.24) is 15.1 Å². The first kappa shape index (κ1) is 15.7. The van der Waals surface area contributed by atoms with Gasteiger partial charge in [-0.05, 0) is 30.9 Å². The molecule has 0 aliphatic carbocycles. The number of carbonyl (C=O) groups is 1. The van der Waals surface area contributed by atoms with Crippen molar-refractivity contribution in [3.05, 3.63) is 53.3 Å². The maximum absolute atomic E-state index is 11.9. The highest BCUT2D eigenvalue weighted by Crippen LogP contribution is 2.30. The van der Waals surface area contributed by atoms with Crippen LogP contribution in [0.5, 0.6) is 0 Å². The summed E-state index contributed by atoms with van der Waals surface area (Å²) < 4.78 is 0. The zero-order valence-electron chi connectivity index (χ0n) is 13.4. The number of hydrogen-bond donors (Lipinski definition) is 2. The molecule has 0 bridgehead atoms. The first-order valence-electron chi connectivity index (χ1n) is 8.18. The summed E-state index contributed by atoms with van der Waals surface area (Å²) in [5.41, 5.74) is 3.70. The average molecular weight is 313 g/mol. The molecule has 1 aromatic heterocycles. The van der Waals surface area contributed by atoms with Gasteiger partial charge in [0.15, 0.2) is 0 Å². The first-order valence-corrected chi connectivity index (χ1v) is 8.18. The van der Waals surface area contributed by atoms with E-state index in [0.29, 0.717) is 19.0 Å². The van der Waals surface area contributed by atoms with Crippen molar-refractivity contribution in [2.24, 2.45) is 0 Å². The molecule has 3 rings (SSSR count). The lowest BCUT2D eigenvalue weighted by Gasteiger charge is -2.32. The monoisotopic (exact) mass is 313 g/mol. The number of H-pyrrole nitrogens is 1. The van der Waals surface area contributed by atoms with Crippen LogP contribution >= 0.6 is 0 Å². The van der Waals surface area contributed by atoms with E-state index in [-0.39, 0.29) is 5.91 Å². The summed E-state index contributed by atoms with van der Waals surface area (Å²) in [6, 6.07) is 10.4. The molecule has 2 heterocycles. The number of aliphatic hydroxyl groups excluding tert-OH is 1. The smallest absolute Gasteiger partial charge is 0.251 e. The second-order valence-corrected chi connectivity index (χ2v) is 6.25. The fraction of sp³-hybridized carbons (Fsp3) is 0.444. The Balaban J connectivity index is 1.65. The Labute approximate surface area is 136 Å². The van der Waals surface area contributed by atoms with Gasteiger partial charge in [0, 0.05) is 31.1 Å². The van der Waals surface area contributed by atoms with Gasteiger partial charge >= 0.3 is 0 Å². The quantitative estimate of drug-likeness (QED) is 0.908. The van der Waals surface area contributed by atoms with Crippen molar-refractivity contribution < 1.29 is 9.90 Å². The third kappa shape index (κ3) is 3.62. The van der Waals surface area contributed by atoms with Crippen LogP contribution in [-0.4, -0.2) is 45.3 Å². The Hall–Kier alpha value is -2.14. The zero-order chi connectivity index (χ0) is 16.2. The molecule has 5 nitrogen and oxygen atoms in total. The van der Waals surface area contributed by atoms with Crippen LogP contribution in [-0.2, 0) is 11.2 Å². The van der Waals surface area contributed by atoms with E-state index in [2.05, 4.69) is 34.5 Å². The van der Waals surface area contributed by atoms with Gasteiger partial charge in [-0.2, -0.15) is 5.10 Å². The van der Waals surface area contributed by atoms with E-state index in [4.69, 9.17) is 0 Å². The maximum atomic E-state index is 11.9. The van der Waals surface area contributed by atoms with Gasteiger partial charge in [-0.15, -0.1) is 0 Å². The van der Waals surface area contributed by atoms with Crippen LogP contribution in [0.3, 0.4) is 0 Å². The molecule has 0 spiro atoms. The molecule has 2 N–H and O–H groups in total. The lowest BCUT2D eigenvalue weighted by molar-refractivity contribution is -0.140. The molecule has 0 saturated carbocycles. The zero-order valence-corrected chi connectivity index (χ0v) is 13.4. The maximum Gasteiger partial charge on any atom is 0.251 e. The highest BCUT2D eigenvalue weighted by atomic mass is 16.3. The van der Waals surface area contributed by atoms with Crippen molar-refractivity contribution in [2.45, 2.75) is 38.2 Å². The third-order valence-electron chi connectivity index (χ3n) is 4.56. The number of aromatic nitrogens is 2. The van der Waals surface area contributed by atoms with Gasteiger partial charge in [0.05, 0.1) is 6.20 Å². The Morgan fingerprint density at radius 2 is 2.04 bits per heavy atom. The number of amides is 1. The van der Waals surface area contributed by atoms with Crippen molar-refractivity contribution in [3.63, 3.8) is 0 Å². The van der Waals surface area contributed by atoms with Gasteiger partial charge in [-0.3, -0.25) is 9.89 Å². The number of likely N-dealkylation sites (tertiary alicyclic amines) is 1. The normalized spacial score (nSPS) is 17.2. The van der Waals surface area contributed by atoms with Crippen LogP contribution in [0.15, 0.2) is 36.5 Å². The van der Waals surface area contributed by atoms with Crippen LogP contribution in [0.2, 0.25) is 0 Å². The molecule has 1 amide bonds. The summed E-state index contributed by atoms with van der Waals surface area (Å²) in [5, 5.41) is 16.8. The van der Waals surface area contributed by atoms with Gasteiger partial charge < -0.3 is 10.0 Å². The lowest BCUT2D eigenvalue weighted by atomic mass is 9.89.